The highest BCUT2D eigenvalue weighted by Crippen LogP contribution is 2.36. The molecule has 0 aliphatic carbocycles. The molecule has 0 amide bonds. The lowest BCUT2D eigenvalue weighted by Crippen LogP contribution is -2.43. The van der Waals surface area contributed by atoms with E-state index in [0.717, 1.165) is 12.8 Å². The van der Waals surface area contributed by atoms with Crippen molar-refractivity contribution in [1.29, 1.82) is 0 Å². The molecule has 3 rings (SSSR count). The van der Waals surface area contributed by atoms with E-state index in [4.69, 9.17) is 14.2 Å². The van der Waals surface area contributed by atoms with E-state index in [1.807, 2.05) is 0 Å². The standard InChI is InChI=1S/C17H23NO4.ClH/c1-18-12-5-6-13(18)10-14(9-12)22-17(19)11-4-7-15(20-2)16(8-11)21-3;/h4,7-8,12-14H,5-6,9-10H2,1-3H3;1H/t12-,13+,14?;. The van der Waals surface area contributed by atoms with Crippen molar-refractivity contribution in [2.45, 2.75) is 43.9 Å². The fraction of sp³-hybridized carbons (Fsp3) is 0.588. The second-order valence-corrected chi connectivity index (χ2v) is 6.12. The molecule has 2 fully saturated rings. The summed E-state index contributed by atoms with van der Waals surface area (Å²) >= 11 is 0. The van der Waals surface area contributed by atoms with Gasteiger partial charge in [0.2, 0.25) is 0 Å². The summed E-state index contributed by atoms with van der Waals surface area (Å²) in [6.07, 6.45) is 4.32. The largest absolute Gasteiger partial charge is 0.493 e. The molecule has 2 saturated heterocycles. The average Bonchev–Trinajstić information content (AvgIpc) is 2.76. The average molecular weight is 342 g/mol. The summed E-state index contributed by atoms with van der Waals surface area (Å²) in [4.78, 5) is 14.8. The summed E-state index contributed by atoms with van der Waals surface area (Å²) in [5, 5.41) is 0. The number of ether oxygens (including phenoxy) is 3. The van der Waals surface area contributed by atoms with E-state index in [1.54, 1.807) is 32.4 Å². The van der Waals surface area contributed by atoms with E-state index in [-0.39, 0.29) is 24.5 Å². The van der Waals surface area contributed by atoms with Crippen LogP contribution in [-0.2, 0) is 4.74 Å². The van der Waals surface area contributed by atoms with Crippen molar-refractivity contribution in [3.05, 3.63) is 23.8 Å². The van der Waals surface area contributed by atoms with Crippen molar-refractivity contribution in [2.75, 3.05) is 21.3 Å². The first-order valence-corrected chi connectivity index (χ1v) is 7.77. The van der Waals surface area contributed by atoms with E-state index in [2.05, 4.69) is 11.9 Å². The number of carbonyl (C=O) groups excluding carboxylic acids is 1. The molecule has 0 saturated carbocycles. The lowest BCUT2D eigenvalue weighted by Gasteiger charge is -2.35. The normalized spacial score (nSPS) is 26.3. The first-order valence-electron chi connectivity index (χ1n) is 7.77. The molecule has 128 valence electrons. The van der Waals surface area contributed by atoms with Gasteiger partial charge in [-0.15, -0.1) is 12.4 Å². The molecule has 2 bridgehead atoms. The van der Waals surface area contributed by atoms with Gasteiger partial charge in [-0.1, -0.05) is 0 Å². The van der Waals surface area contributed by atoms with Gasteiger partial charge in [-0.3, -0.25) is 0 Å². The van der Waals surface area contributed by atoms with Gasteiger partial charge < -0.3 is 19.1 Å². The Balaban J connectivity index is 0.00000192. The smallest absolute Gasteiger partial charge is 0.338 e. The Morgan fingerprint density at radius 1 is 1.09 bits per heavy atom. The van der Waals surface area contributed by atoms with Gasteiger partial charge in [0, 0.05) is 24.9 Å². The SMILES string of the molecule is COc1ccc(C(=O)OC2C[C@H]3CC[C@@H](C2)N3C)cc1OC.Cl. The number of esters is 1. The van der Waals surface area contributed by atoms with Crippen LogP contribution in [0, 0.1) is 0 Å². The highest BCUT2D eigenvalue weighted by molar-refractivity contribution is 5.90. The lowest BCUT2D eigenvalue weighted by atomic mass is 10.0. The third-order valence-electron chi connectivity index (χ3n) is 4.95. The van der Waals surface area contributed by atoms with E-state index in [9.17, 15) is 4.79 Å². The number of benzene rings is 1. The summed E-state index contributed by atoms with van der Waals surface area (Å²) in [6.45, 7) is 0. The summed E-state index contributed by atoms with van der Waals surface area (Å²) in [7, 11) is 5.31. The number of hydrogen-bond donors (Lipinski definition) is 0. The maximum Gasteiger partial charge on any atom is 0.338 e. The number of hydrogen-bond acceptors (Lipinski definition) is 5. The first-order chi connectivity index (χ1) is 10.6. The second kappa shape index (κ2) is 7.41. The van der Waals surface area contributed by atoms with Gasteiger partial charge in [0.25, 0.3) is 0 Å². The summed E-state index contributed by atoms with van der Waals surface area (Å²) in [5.74, 6) is 0.867. The number of rotatable bonds is 4. The zero-order chi connectivity index (χ0) is 15.7. The quantitative estimate of drug-likeness (QED) is 0.788. The topological polar surface area (TPSA) is 48.0 Å². The van der Waals surface area contributed by atoms with Crippen molar-refractivity contribution in [3.8, 4) is 11.5 Å². The van der Waals surface area contributed by atoms with Gasteiger partial charge in [0.15, 0.2) is 11.5 Å². The van der Waals surface area contributed by atoms with Crippen LogP contribution in [0.2, 0.25) is 0 Å². The number of carbonyl (C=O) groups is 1. The van der Waals surface area contributed by atoms with Crippen molar-refractivity contribution in [2.24, 2.45) is 0 Å². The molecule has 1 unspecified atom stereocenters. The molecule has 3 atom stereocenters. The number of piperidine rings is 1. The van der Waals surface area contributed by atoms with Crippen LogP contribution in [0.4, 0.5) is 0 Å². The Kier molecular flexibility index (Phi) is 5.76. The number of halogens is 1. The molecule has 0 spiro atoms. The maximum absolute atomic E-state index is 12.4. The third-order valence-corrected chi connectivity index (χ3v) is 4.95. The van der Waals surface area contributed by atoms with Gasteiger partial charge in [0.05, 0.1) is 19.8 Å². The summed E-state index contributed by atoms with van der Waals surface area (Å²) in [6, 6.07) is 6.23. The molecular formula is C17H24ClNO4. The molecule has 0 aromatic heterocycles. The molecule has 1 aromatic rings. The monoisotopic (exact) mass is 341 g/mol. The van der Waals surface area contributed by atoms with Crippen LogP contribution in [-0.4, -0.2) is 50.3 Å². The predicted molar refractivity (Wildman–Crippen MR) is 89.8 cm³/mol. The Hall–Kier alpha value is -1.46. The Morgan fingerprint density at radius 3 is 2.26 bits per heavy atom. The van der Waals surface area contributed by atoms with Gasteiger partial charge in [-0.05, 0) is 38.1 Å². The zero-order valence-corrected chi connectivity index (χ0v) is 14.6. The van der Waals surface area contributed by atoms with E-state index in [1.165, 1.54) is 12.8 Å². The Bertz CT molecular complexity index is 552. The molecule has 0 radical (unpaired) electrons. The van der Waals surface area contributed by atoms with Crippen LogP contribution in [0.25, 0.3) is 0 Å². The van der Waals surface area contributed by atoms with Gasteiger partial charge in [0.1, 0.15) is 6.10 Å². The van der Waals surface area contributed by atoms with E-state index >= 15 is 0 Å². The van der Waals surface area contributed by atoms with Gasteiger partial charge >= 0.3 is 5.97 Å². The zero-order valence-electron chi connectivity index (χ0n) is 13.8. The lowest BCUT2D eigenvalue weighted by molar-refractivity contribution is -0.000478. The molecule has 5 nitrogen and oxygen atoms in total. The minimum Gasteiger partial charge on any atom is -0.493 e. The Labute approximate surface area is 143 Å². The summed E-state index contributed by atoms with van der Waals surface area (Å²) in [5.41, 5.74) is 0.504. The Morgan fingerprint density at radius 2 is 1.70 bits per heavy atom. The van der Waals surface area contributed by atoms with Crippen molar-refractivity contribution in [3.63, 3.8) is 0 Å². The summed E-state index contributed by atoms with van der Waals surface area (Å²) < 4.78 is 16.1. The molecule has 6 heteroatoms. The number of methoxy groups -OCH3 is 2. The fourth-order valence-electron chi connectivity index (χ4n) is 3.64. The van der Waals surface area contributed by atoms with E-state index in [0.29, 0.717) is 29.1 Å². The van der Waals surface area contributed by atoms with Crippen LogP contribution in [0.3, 0.4) is 0 Å². The van der Waals surface area contributed by atoms with Gasteiger partial charge in [-0.2, -0.15) is 0 Å². The van der Waals surface area contributed by atoms with Crippen LogP contribution >= 0.6 is 12.4 Å². The molecule has 1 aromatic carbocycles. The molecule has 0 N–H and O–H groups in total. The van der Waals surface area contributed by atoms with Crippen molar-refractivity contribution >= 4 is 18.4 Å². The minimum atomic E-state index is -0.282. The first kappa shape index (κ1) is 17.9. The van der Waals surface area contributed by atoms with E-state index < -0.39 is 0 Å². The fourth-order valence-corrected chi connectivity index (χ4v) is 3.64. The molecular weight excluding hydrogens is 318 g/mol. The van der Waals surface area contributed by atoms with Crippen LogP contribution < -0.4 is 9.47 Å². The molecule has 23 heavy (non-hydrogen) atoms. The number of nitrogens with zero attached hydrogens (tertiary/aromatic N) is 1. The second-order valence-electron chi connectivity index (χ2n) is 6.12. The molecule has 2 heterocycles. The van der Waals surface area contributed by atoms with Crippen LogP contribution in [0.15, 0.2) is 18.2 Å². The number of fused-ring (bicyclic) bond motifs is 2. The van der Waals surface area contributed by atoms with Crippen LogP contribution in [0.5, 0.6) is 11.5 Å². The highest BCUT2D eigenvalue weighted by atomic mass is 35.5. The minimum absolute atomic E-state index is 0. The van der Waals surface area contributed by atoms with Crippen LogP contribution in [0.1, 0.15) is 36.0 Å². The maximum atomic E-state index is 12.4. The molecule has 2 aliphatic rings. The third kappa shape index (κ3) is 3.56. The van der Waals surface area contributed by atoms with Crippen molar-refractivity contribution < 1.29 is 19.0 Å². The predicted octanol–water partition coefficient (Wildman–Crippen LogP) is 2.91. The highest BCUT2D eigenvalue weighted by Gasteiger charge is 2.39. The van der Waals surface area contributed by atoms with Crippen molar-refractivity contribution in [1.82, 2.24) is 4.90 Å². The molecule has 2 aliphatic heterocycles. The van der Waals surface area contributed by atoms with Gasteiger partial charge in [-0.25, -0.2) is 4.79 Å².